The average Bonchev–Trinajstić information content (AvgIpc) is 2.29. The Morgan fingerprint density at radius 1 is 1.31 bits per heavy atom. The minimum Gasteiger partial charge on any atom is -0.481 e. The Bertz CT molecular complexity index is 321. The molecule has 3 heteroatoms. The molecule has 0 radical (unpaired) electrons. The summed E-state index contributed by atoms with van der Waals surface area (Å²) in [6.07, 6.45) is 1.03. The summed E-state index contributed by atoms with van der Waals surface area (Å²) in [4.78, 5) is 10.9. The quantitative estimate of drug-likeness (QED) is 0.777. The summed E-state index contributed by atoms with van der Waals surface area (Å²) in [5, 5.41) is 18.9. The Hall–Kier alpha value is -1.35. The highest BCUT2D eigenvalue weighted by molar-refractivity contribution is 5.69. The van der Waals surface area contributed by atoms with E-state index < -0.39 is 18.0 Å². The lowest BCUT2D eigenvalue weighted by Gasteiger charge is -2.16. The van der Waals surface area contributed by atoms with Crippen LogP contribution in [0.25, 0.3) is 0 Å². The third kappa shape index (κ3) is 3.66. The predicted octanol–water partition coefficient (Wildman–Crippen LogP) is 2.61. The maximum atomic E-state index is 10.9. The number of carboxylic acid groups (broad SMARTS) is 1. The van der Waals surface area contributed by atoms with Gasteiger partial charge in [-0.3, -0.25) is 4.79 Å². The van der Waals surface area contributed by atoms with Crippen LogP contribution in [0.1, 0.15) is 37.9 Å². The molecule has 0 fully saturated rings. The first kappa shape index (κ1) is 12.7. The minimum absolute atomic E-state index is 0.285. The summed E-state index contributed by atoms with van der Waals surface area (Å²) >= 11 is 0. The second-order valence-corrected chi connectivity index (χ2v) is 3.99. The van der Waals surface area contributed by atoms with E-state index in [0.29, 0.717) is 6.42 Å². The van der Waals surface area contributed by atoms with Gasteiger partial charge in [0.2, 0.25) is 0 Å². The van der Waals surface area contributed by atoms with Crippen molar-refractivity contribution >= 4 is 5.97 Å². The molecule has 0 aromatic heterocycles. The molecule has 1 aromatic rings. The van der Waals surface area contributed by atoms with Gasteiger partial charge >= 0.3 is 5.97 Å². The standard InChI is InChI=1S/C13H18O3/c1-2-6-11(13(15)16)9-12(14)10-7-4-3-5-8-10/h3-5,7-8,11-12,14H,2,6,9H2,1H3,(H,15,16). The molecule has 88 valence electrons. The molecule has 0 spiro atoms. The van der Waals surface area contributed by atoms with Gasteiger partial charge in [-0.25, -0.2) is 0 Å². The van der Waals surface area contributed by atoms with Crippen molar-refractivity contribution in [2.45, 2.75) is 32.3 Å². The van der Waals surface area contributed by atoms with Crippen LogP contribution in [0.2, 0.25) is 0 Å². The second-order valence-electron chi connectivity index (χ2n) is 3.99. The minimum atomic E-state index is -0.822. The van der Waals surface area contributed by atoms with Gasteiger partial charge in [-0.15, -0.1) is 0 Å². The van der Waals surface area contributed by atoms with Crippen LogP contribution in [0.4, 0.5) is 0 Å². The number of carbonyl (C=O) groups is 1. The second kappa shape index (κ2) is 6.28. The zero-order chi connectivity index (χ0) is 12.0. The first-order chi connectivity index (χ1) is 7.65. The van der Waals surface area contributed by atoms with Crippen LogP contribution >= 0.6 is 0 Å². The van der Waals surface area contributed by atoms with Crippen molar-refractivity contribution in [3.05, 3.63) is 35.9 Å². The van der Waals surface area contributed by atoms with Crippen molar-refractivity contribution in [3.63, 3.8) is 0 Å². The maximum absolute atomic E-state index is 10.9. The number of benzene rings is 1. The molecular formula is C13H18O3. The van der Waals surface area contributed by atoms with Crippen molar-refractivity contribution in [3.8, 4) is 0 Å². The van der Waals surface area contributed by atoms with Gasteiger partial charge in [0.25, 0.3) is 0 Å². The van der Waals surface area contributed by atoms with Crippen LogP contribution in [0.15, 0.2) is 30.3 Å². The Morgan fingerprint density at radius 3 is 2.44 bits per heavy atom. The highest BCUT2D eigenvalue weighted by Gasteiger charge is 2.21. The molecule has 0 aliphatic rings. The number of hydrogen-bond donors (Lipinski definition) is 2. The fraction of sp³-hybridized carbons (Fsp3) is 0.462. The van der Waals surface area contributed by atoms with Crippen LogP contribution in [0.5, 0.6) is 0 Å². The van der Waals surface area contributed by atoms with Crippen molar-refractivity contribution in [1.29, 1.82) is 0 Å². The summed E-state index contributed by atoms with van der Waals surface area (Å²) in [5.41, 5.74) is 0.782. The van der Waals surface area contributed by atoms with E-state index in [1.165, 1.54) is 0 Å². The van der Waals surface area contributed by atoms with Crippen LogP contribution < -0.4 is 0 Å². The molecule has 1 rings (SSSR count). The van der Waals surface area contributed by atoms with Gasteiger partial charge in [0.1, 0.15) is 0 Å². The van der Waals surface area contributed by atoms with E-state index in [2.05, 4.69) is 0 Å². The van der Waals surface area contributed by atoms with Crippen LogP contribution in [-0.2, 0) is 4.79 Å². The lowest BCUT2D eigenvalue weighted by atomic mass is 9.93. The van der Waals surface area contributed by atoms with Gasteiger partial charge in [0, 0.05) is 0 Å². The van der Waals surface area contributed by atoms with E-state index in [-0.39, 0.29) is 6.42 Å². The van der Waals surface area contributed by atoms with Crippen LogP contribution in [0, 0.1) is 5.92 Å². The molecule has 1 aromatic carbocycles. The molecular weight excluding hydrogens is 204 g/mol. The third-order valence-corrected chi connectivity index (χ3v) is 2.68. The summed E-state index contributed by atoms with van der Waals surface area (Å²) in [5.74, 6) is -1.28. The van der Waals surface area contributed by atoms with E-state index in [9.17, 15) is 9.90 Å². The molecule has 2 N–H and O–H groups in total. The van der Waals surface area contributed by atoms with Gasteiger partial charge in [-0.05, 0) is 18.4 Å². The summed E-state index contributed by atoms with van der Waals surface area (Å²) < 4.78 is 0. The topological polar surface area (TPSA) is 57.5 Å². The summed E-state index contributed by atoms with van der Waals surface area (Å²) in [7, 11) is 0. The number of aliphatic hydroxyl groups is 1. The largest absolute Gasteiger partial charge is 0.481 e. The average molecular weight is 222 g/mol. The van der Waals surface area contributed by atoms with Crippen LogP contribution in [-0.4, -0.2) is 16.2 Å². The highest BCUT2D eigenvalue weighted by atomic mass is 16.4. The fourth-order valence-electron chi connectivity index (χ4n) is 1.77. The first-order valence-corrected chi connectivity index (χ1v) is 5.61. The zero-order valence-electron chi connectivity index (χ0n) is 9.47. The van der Waals surface area contributed by atoms with E-state index in [1.54, 1.807) is 0 Å². The van der Waals surface area contributed by atoms with Crippen LogP contribution in [0.3, 0.4) is 0 Å². The molecule has 0 saturated heterocycles. The Morgan fingerprint density at radius 2 is 1.94 bits per heavy atom. The Kier molecular flexibility index (Phi) is 4.99. The normalized spacial score (nSPS) is 14.4. The molecule has 0 aliphatic heterocycles. The Balaban J connectivity index is 2.61. The number of rotatable bonds is 6. The molecule has 3 nitrogen and oxygen atoms in total. The van der Waals surface area contributed by atoms with E-state index in [1.807, 2.05) is 37.3 Å². The van der Waals surface area contributed by atoms with Gasteiger partial charge in [-0.2, -0.15) is 0 Å². The summed E-state index contributed by atoms with van der Waals surface area (Å²) in [6.45, 7) is 1.95. The smallest absolute Gasteiger partial charge is 0.306 e. The van der Waals surface area contributed by atoms with Gasteiger partial charge in [-0.1, -0.05) is 43.7 Å². The SMILES string of the molecule is CCCC(CC(O)c1ccccc1)C(=O)O. The van der Waals surface area contributed by atoms with E-state index >= 15 is 0 Å². The number of aliphatic carboxylic acids is 1. The molecule has 0 amide bonds. The highest BCUT2D eigenvalue weighted by Crippen LogP contribution is 2.23. The monoisotopic (exact) mass is 222 g/mol. The molecule has 0 aliphatic carbocycles. The van der Waals surface area contributed by atoms with Crippen molar-refractivity contribution in [1.82, 2.24) is 0 Å². The van der Waals surface area contributed by atoms with E-state index in [0.717, 1.165) is 12.0 Å². The van der Waals surface area contributed by atoms with Gasteiger partial charge in [0.05, 0.1) is 12.0 Å². The lowest BCUT2D eigenvalue weighted by molar-refractivity contribution is -0.143. The molecule has 0 heterocycles. The molecule has 2 unspecified atom stereocenters. The zero-order valence-corrected chi connectivity index (χ0v) is 9.47. The molecule has 2 atom stereocenters. The lowest BCUT2D eigenvalue weighted by Crippen LogP contribution is -2.16. The van der Waals surface area contributed by atoms with Crippen molar-refractivity contribution in [2.24, 2.45) is 5.92 Å². The molecule has 16 heavy (non-hydrogen) atoms. The third-order valence-electron chi connectivity index (χ3n) is 2.68. The number of carboxylic acids is 1. The van der Waals surface area contributed by atoms with Gasteiger partial charge < -0.3 is 10.2 Å². The first-order valence-electron chi connectivity index (χ1n) is 5.61. The van der Waals surface area contributed by atoms with E-state index in [4.69, 9.17) is 5.11 Å². The van der Waals surface area contributed by atoms with Crippen molar-refractivity contribution < 1.29 is 15.0 Å². The fourth-order valence-corrected chi connectivity index (χ4v) is 1.77. The molecule has 0 bridgehead atoms. The number of aliphatic hydroxyl groups excluding tert-OH is 1. The summed E-state index contributed by atoms with van der Waals surface area (Å²) in [6, 6.07) is 9.18. The molecule has 0 saturated carbocycles. The maximum Gasteiger partial charge on any atom is 0.306 e. The van der Waals surface area contributed by atoms with Crippen molar-refractivity contribution in [2.75, 3.05) is 0 Å². The Labute approximate surface area is 95.7 Å². The predicted molar refractivity (Wildman–Crippen MR) is 62.1 cm³/mol. The number of hydrogen-bond acceptors (Lipinski definition) is 2. The van der Waals surface area contributed by atoms with Gasteiger partial charge in [0.15, 0.2) is 0 Å².